The molecule has 3 heterocycles. The second kappa shape index (κ2) is 7.76. The zero-order valence-electron chi connectivity index (χ0n) is 16.7. The standard InChI is InChI=1S/C23H22N4O3/c1-16-6-8-17(9-7-16)22-25-24-21(30-22)15-26-10-12-27(13-11-26)23(28)20-14-18-4-2-3-5-19(18)29-20/h2-9,14H,10-13,15H2,1H3. The van der Waals surface area contributed by atoms with Crippen LogP contribution in [0.1, 0.15) is 22.0 Å². The lowest BCUT2D eigenvalue weighted by Crippen LogP contribution is -2.48. The number of aromatic nitrogens is 2. The molecule has 1 aliphatic heterocycles. The lowest BCUT2D eigenvalue weighted by Gasteiger charge is -2.33. The first-order valence-electron chi connectivity index (χ1n) is 10.1. The van der Waals surface area contributed by atoms with Gasteiger partial charge in [0, 0.05) is 37.1 Å². The molecule has 5 rings (SSSR count). The Balaban J connectivity index is 1.19. The van der Waals surface area contributed by atoms with Crippen molar-refractivity contribution in [3.05, 3.63) is 71.8 Å². The van der Waals surface area contributed by atoms with E-state index in [4.69, 9.17) is 8.83 Å². The van der Waals surface area contributed by atoms with Crippen LogP contribution in [0.25, 0.3) is 22.4 Å². The van der Waals surface area contributed by atoms with Crippen molar-refractivity contribution in [2.24, 2.45) is 0 Å². The molecule has 0 radical (unpaired) electrons. The monoisotopic (exact) mass is 402 g/mol. The fourth-order valence-corrected chi connectivity index (χ4v) is 3.67. The smallest absolute Gasteiger partial charge is 0.289 e. The van der Waals surface area contributed by atoms with Crippen molar-refractivity contribution in [3.63, 3.8) is 0 Å². The minimum absolute atomic E-state index is 0.0645. The number of piperazine rings is 1. The average Bonchev–Trinajstić information content (AvgIpc) is 3.41. The molecule has 0 aliphatic carbocycles. The maximum atomic E-state index is 12.8. The predicted molar refractivity (Wildman–Crippen MR) is 112 cm³/mol. The van der Waals surface area contributed by atoms with E-state index in [0.717, 1.165) is 29.6 Å². The third-order valence-electron chi connectivity index (χ3n) is 5.42. The Bertz CT molecular complexity index is 1140. The van der Waals surface area contributed by atoms with E-state index in [1.807, 2.05) is 66.4 Å². The summed E-state index contributed by atoms with van der Waals surface area (Å²) in [5.41, 5.74) is 2.84. The van der Waals surface area contributed by atoms with Gasteiger partial charge in [-0.3, -0.25) is 9.69 Å². The first kappa shape index (κ1) is 18.6. The summed E-state index contributed by atoms with van der Waals surface area (Å²) in [4.78, 5) is 16.8. The number of fused-ring (bicyclic) bond motifs is 1. The number of carbonyl (C=O) groups excluding carboxylic acids is 1. The molecule has 7 nitrogen and oxygen atoms in total. The Morgan fingerprint density at radius 3 is 2.50 bits per heavy atom. The Morgan fingerprint density at radius 2 is 1.73 bits per heavy atom. The lowest BCUT2D eigenvalue weighted by molar-refractivity contribution is 0.0590. The van der Waals surface area contributed by atoms with E-state index in [-0.39, 0.29) is 5.91 Å². The van der Waals surface area contributed by atoms with E-state index >= 15 is 0 Å². The number of hydrogen-bond donors (Lipinski definition) is 0. The van der Waals surface area contributed by atoms with Gasteiger partial charge in [-0.25, -0.2) is 0 Å². The summed E-state index contributed by atoms with van der Waals surface area (Å²) in [6.07, 6.45) is 0. The van der Waals surface area contributed by atoms with E-state index in [9.17, 15) is 4.79 Å². The van der Waals surface area contributed by atoms with Gasteiger partial charge in [0.05, 0.1) is 6.54 Å². The molecule has 2 aromatic carbocycles. The number of para-hydroxylation sites is 1. The van der Waals surface area contributed by atoms with Gasteiger partial charge < -0.3 is 13.7 Å². The molecule has 1 amide bonds. The minimum Gasteiger partial charge on any atom is -0.451 e. The highest BCUT2D eigenvalue weighted by Gasteiger charge is 2.25. The molecular formula is C23H22N4O3. The van der Waals surface area contributed by atoms with Crippen LogP contribution >= 0.6 is 0 Å². The number of aryl methyl sites for hydroxylation is 1. The summed E-state index contributed by atoms with van der Waals surface area (Å²) < 4.78 is 11.5. The number of carbonyl (C=O) groups is 1. The SMILES string of the molecule is Cc1ccc(-c2nnc(CN3CCN(C(=O)c4cc5ccccc5o4)CC3)o2)cc1. The van der Waals surface area contributed by atoms with Crippen LogP contribution in [0.15, 0.2) is 63.4 Å². The van der Waals surface area contributed by atoms with E-state index in [2.05, 4.69) is 15.1 Å². The lowest BCUT2D eigenvalue weighted by atomic mass is 10.1. The van der Waals surface area contributed by atoms with Crippen LogP contribution in [0, 0.1) is 6.92 Å². The van der Waals surface area contributed by atoms with Crippen LogP contribution in [0.5, 0.6) is 0 Å². The molecular weight excluding hydrogens is 380 g/mol. The molecule has 0 bridgehead atoms. The zero-order chi connectivity index (χ0) is 20.5. The molecule has 0 N–H and O–H groups in total. The van der Waals surface area contributed by atoms with Crippen molar-refractivity contribution >= 4 is 16.9 Å². The molecule has 0 atom stereocenters. The van der Waals surface area contributed by atoms with Crippen molar-refractivity contribution in [1.82, 2.24) is 20.0 Å². The molecule has 0 saturated carbocycles. The third-order valence-corrected chi connectivity index (χ3v) is 5.42. The number of nitrogens with zero attached hydrogens (tertiary/aromatic N) is 4. The largest absolute Gasteiger partial charge is 0.451 e. The number of benzene rings is 2. The molecule has 0 spiro atoms. The fraction of sp³-hybridized carbons (Fsp3) is 0.261. The molecule has 0 unspecified atom stereocenters. The third kappa shape index (κ3) is 3.71. The highest BCUT2D eigenvalue weighted by molar-refractivity contribution is 5.96. The van der Waals surface area contributed by atoms with Crippen LogP contribution in [-0.4, -0.2) is 52.1 Å². The van der Waals surface area contributed by atoms with Gasteiger partial charge in [0.15, 0.2) is 5.76 Å². The van der Waals surface area contributed by atoms with Crippen LogP contribution < -0.4 is 0 Å². The highest BCUT2D eigenvalue weighted by Crippen LogP contribution is 2.22. The van der Waals surface area contributed by atoms with Gasteiger partial charge in [0.25, 0.3) is 5.91 Å². The first-order chi connectivity index (χ1) is 14.7. The van der Waals surface area contributed by atoms with E-state index in [0.29, 0.717) is 37.2 Å². The summed E-state index contributed by atoms with van der Waals surface area (Å²) in [6.45, 7) is 5.37. The van der Waals surface area contributed by atoms with Crippen LogP contribution in [0.2, 0.25) is 0 Å². The molecule has 152 valence electrons. The number of rotatable bonds is 4. The van der Waals surface area contributed by atoms with Crippen molar-refractivity contribution in [3.8, 4) is 11.5 Å². The average molecular weight is 402 g/mol. The minimum atomic E-state index is -0.0645. The Hall–Kier alpha value is -3.45. The van der Waals surface area contributed by atoms with Gasteiger partial charge in [-0.15, -0.1) is 10.2 Å². The summed E-state index contributed by atoms with van der Waals surface area (Å²) in [5, 5.41) is 9.29. The molecule has 7 heteroatoms. The van der Waals surface area contributed by atoms with Crippen molar-refractivity contribution in [1.29, 1.82) is 0 Å². The highest BCUT2D eigenvalue weighted by atomic mass is 16.4. The second-order valence-electron chi connectivity index (χ2n) is 7.58. The van der Waals surface area contributed by atoms with Crippen molar-refractivity contribution in [2.75, 3.05) is 26.2 Å². The van der Waals surface area contributed by atoms with Gasteiger partial charge in [0.1, 0.15) is 5.58 Å². The summed E-state index contributed by atoms with van der Waals surface area (Å²) in [6, 6.07) is 17.5. The Labute approximate surface area is 173 Å². The van der Waals surface area contributed by atoms with Crippen molar-refractivity contribution in [2.45, 2.75) is 13.5 Å². The summed E-state index contributed by atoms with van der Waals surface area (Å²) in [7, 11) is 0. The molecule has 1 saturated heterocycles. The topological polar surface area (TPSA) is 75.6 Å². The summed E-state index contributed by atoms with van der Waals surface area (Å²) >= 11 is 0. The van der Waals surface area contributed by atoms with Gasteiger partial charge in [-0.05, 0) is 31.2 Å². The summed E-state index contributed by atoms with van der Waals surface area (Å²) in [5.74, 6) is 1.45. The van der Waals surface area contributed by atoms with Gasteiger partial charge in [0.2, 0.25) is 11.8 Å². The van der Waals surface area contributed by atoms with Gasteiger partial charge >= 0.3 is 0 Å². The second-order valence-corrected chi connectivity index (χ2v) is 7.58. The first-order valence-corrected chi connectivity index (χ1v) is 10.1. The number of amides is 1. The molecule has 1 fully saturated rings. The Kier molecular flexibility index (Phi) is 4.80. The Morgan fingerprint density at radius 1 is 0.967 bits per heavy atom. The maximum absolute atomic E-state index is 12.8. The maximum Gasteiger partial charge on any atom is 0.289 e. The predicted octanol–water partition coefficient (Wildman–Crippen LogP) is 3.75. The van der Waals surface area contributed by atoms with Crippen LogP contribution in [0.3, 0.4) is 0 Å². The van der Waals surface area contributed by atoms with Crippen LogP contribution in [-0.2, 0) is 6.54 Å². The van der Waals surface area contributed by atoms with E-state index in [1.165, 1.54) is 5.56 Å². The van der Waals surface area contributed by atoms with Gasteiger partial charge in [-0.2, -0.15) is 0 Å². The quantitative estimate of drug-likeness (QED) is 0.518. The fourth-order valence-electron chi connectivity index (χ4n) is 3.67. The molecule has 30 heavy (non-hydrogen) atoms. The zero-order valence-corrected chi connectivity index (χ0v) is 16.7. The molecule has 1 aliphatic rings. The van der Waals surface area contributed by atoms with E-state index < -0.39 is 0 Å². The number of hydrogen-bond acceptors (Lipinski definition) is 6. The van der Waals surface area contributed by atoms with Crippen LogP contribution in [0.4, 0.5) is 0 Å². The molecule has 2 aromatic heterocycles. The number of furan rings is 1. The molecule has 4 aromatic rings. The normalized spacial score (nSPS) is 15.0. The van der Waals surface area contributed by atoms with Crippen molar-refractivity contribution < 1.29 is 13.6 Å². The van der Waals surface area contributed by atoms with Gasteiger partial charge in [-0.1, -0.05) is 35.9 Å². The van der Waals surface area contributed by atoms with E-state index in [1.54, 1.807) is 0 Å².